The van der Waals surface area contributed by atoms with Crippen LogP contribution in [0, 0.1) is 6.92 Å². The van der Waals surface area contributed by atoms with E-state index in [-0.39, 0.29) is 11.9 Å². The van der Waals surface area contributed by atoms with Crippen LogP contribution in [0.5, 0.6) is 5.75 Å². The lowest BCUT2D eigenvalue weighted by molar-refractivity contribution is -0.122. The minimum atomic E-state index is -0.322. The van der Waals surface area contributed by atoms with E-state index in [1.807, 2.05) is 11.8 Å². The van der Waals surface area contributed by atoms with E-state index in [0.717, 1.165) is 34.1 Å². The molecule has 2 N–H and O–H groups in total. The largest absolute Gasteiger partial charge is 0.483 e. The molecule has 5 rings (SSSR count). The van der Waals surface area contributed by atoms with Crippen LogP contribution in [0.1, 0.15) is 31.7 Å². The number of nitrogens with zero attached hydrogens (tertiary/aromatic N) is 2. The number of amidine groups is 1. The number of carbonyl (C=O) groups excluding carboxylic acids is 1. The van der Waals surface area contributed by atoms with Gasteiger partial charge in [-0.05, 0) is 50.8 Å². The zero-order valence-corrected chi connectivity index (χ0v) is 16.2. The molecule has 0 saturated heterocycles. The standard InChI is InChI=1S/C22H24N4O2/c1-13-6-8-15(9-7-13)17-10-20-19(11-18(17)23-16-4-3-5-16)26-14(2)22(27)25-24-21(26)12-28-20/h6-11,14,16,23H,3-5,12H2,1-2H3,(H,25,27). The smallest absolute Gasteiger partial charge is 0.262 e. The Morgan fingerprint density at radius 1 is 1.21 bits per heavy atom. The predicted octanol–water partition coefficient (Wildman–Crippen LogP) is 3.66. The molecule has 1 fully saturated rings. The molecule has 3 aliphatic rings. The molecule has 2 heterocycles. The summed E-state index contributed by atoms with van der Waals surface area (Å²) >= 11 is 0. The fourth-order valence-electron chi connectivity index (χ4n) is 3.94. The quantitative estimate of drug-likeness (QED) is 0.858. The van der Waals surface area contributed by atoms with Gasteiger partial charge in [0.15, 0.2) is 5.84 Å². The Bertz CT molecular complexity index is 963. The Hall–Kier alpha value is -3.02. The Morgan fingerprint density at radius 2 is 2.00 bits per heavy atom. The van der Waals surface area contributed by atoms with Crippen LogP contribution in [0.2, 0.25) is 0 Å². The first kappa shape index (κ1) is 17.1. The van der Waals surface area contributed by atoms with Crippen LogP contribution >= 0.6 is 0 Å². The van der Waals surface area contributed by atoms with Gasteiger partial charge in [0.25, 0.3) is 5.91 Å². The molecule has 2 aliphatic heterocycles. The number of rotatable bonds is 3. The summed E-state index contributed by atoms with van der Waals surface area (Å²) in [4.78, 5) is 14.2. The predicted molar refractivity (Wildman–Crippen MR) is 111 cm³/mol. The highest BCUT2D eigenvalue weighted by atomic mass is 16.5. The average Bonchev–Trinajstić information content (AvgIpc) is 2.67. The minimum absolute atomic E-state index is 0.104. The number of anilines is 2. The SMILES string of the molecule is Cc1ccc(-c2cc3c(cc2NC2CCC2)N2C(=NNC(=O)C2C)CO3)cc1. The van der Waals surface area contributed by atoms with Crippen molar-refractivity contribution >= 4 is 23.1 Å². The number of hydrogen-bond acceptors (Lipinski definition) is 5. The highest BCUT2D eigenvalue weighted by Gasteiger charge is 2.36. The van der Waals surface area contributed by atoms with Gasteiger partial charge in [-0.15, -0.1) is 0 Å². The first-order chi connectivity index (χ1) is 13.6. The van der Waals surface area contributed by atoms with Gasteiger partial charge in [0.1, 0.15) is 18.4 Å². The lowest BCUT2D eigenvalue weighted by Gasteiger charge is -2.39. The van der Waals surface area contributed by atoms with E-state index in [1.54, 1.807) is 0 Å². The third kappa shape index (κ3) is 2.80. The Balaban J connectivity index is 1.63. The number of nitrogens with one attached hydrogen (secondary N) is 2. The third-order valence-corrected chi connectivity index (χ3v) is 5.88. The fourth-order valence-corrected chi connectivity index (χ4v) is 3.94. The van der Waals surface area contributed by atoms with Crippen molar-refractivity contribution in [1.82, 2.24) is 5.43 Å². The molecule has 0 bridgehead atoms. The lowest BCUT2D eigenvalue weighted by atomic mass is 9.91. The van der Waals surface area contributed by atoms with Crippen molar-refractivity contribution in [3.05, 3.63) is 42.0 Å². The normalized spacial score (nSPS) is 20.9. The Morgan fingerprint density at radius 3 is 2.71 bits per heavy atom. The van der Waals surface area contributed by atoms with Gasteiger partial charge in [-0.1, -0.05) is 29.8 Å². The summed E-state index contributed by atoms with van der Waals surface area (Å²) in [5, 5.41) is 7.90. The Labute approximate surface area is 164 Å². The molecule has 6 nitrogen and oxygen atoms in total. The van der Waals surface area contributed by atoms with Crippen molar-refractivity contribution < 1.29 is 9.53 Å². The molecule has 2 aromatic rings. The molecule has 144 valence electrons. The maximum Gasteiger partial charge on any atom is 0.262 e. The zero-order valence-electron chi connectivity index (χ0n) is 16.2. The first-order valence-corrected chi connectivity index (χ1v) is 9.90. The van der Waals surface area contributed by atoms with Crippen molar-refractivity contribution in [1.29, 1.82) is 0 Å². The average molecular weight is 376 g/mol. The number of fused-ring (bicyclic) bond motifs is 3. The van der Waals surface area contributed by atoms with E-state index >= 15 is 0 Å². The van der Waals surface area contributed by atoms with Crippen LogP contribution in [0.15, 0.2) is 41.5 Å². The van der Waals surface area contributed by atoms with Gasteiger partial charge in [0, 0.05) is 17.3 Å². The van der Waals surface area contributed by atoms with E-state index < -0.39 is 0 Å². The maximum absolute atomic E-state index is 12.2. The molecule has 0 aromatic heterocycles. The molecular formula is C22H24N4O2. The van der Waals surface area contributed by atoms with Crippen LogP contribution in [0.25, 0.3) is 11.1 Å². The van der Waals surface area contributed by atoms with Crippen LogP contribution in [0.3, 0.4) is 0 Å². The van der Waals surface area contributed by atoms with Crippen LogP contribution < -0.4 is 20.4 Å². The third-order valence-electron chi connectivity index (χ3n) is 5.88. The Kier molecular flexibility index (Phi) is 4.00. The molecular weight excluding hydrogens is 352 g/mol. The van der Waals surface area contributed by atoms with Crippen molar-refractivity contribution in [3.63, 3.8) is 0 Å². The summed E-state index contributed by atoms with van der Waals surface area (Å²) in [5.74, 6) is 1.42. The zero-order chi connectivity index (χ0) is 19.3. The van der Waals surface area contributed by atoms with Gasteiger partial charge in [-0.3, -0.25) is 4.79 Å². The fraction of sp³-hybridized carbons (Fsp3) is 0.364. The summed E-state index contributed by atoms with van der Waals surface area (Å²) < 4.78 is 6.01. The number of hydrogen-bond donors (Lipinski definition) is 2. The number of benzene rings is 2. The molecule has 28 heavy (non-hydrogen) atoms. The van der Waals surface area contributed by atoms with E-state index in [2.05, 4.69) is 59.2 Å². The second-order valence-corrected chi connectivity index (χ2v) is 7.84. The van der Waals surface area contributed by atoms with Crippen molar-refractivity contribution in [3.8, 4) is 16.9 Å². The van der Waals surface area contributed by atoms with Gasteiger partial charge in [0.05, 0.1) is 5.69 Å². The number of ether oxygens (including phenoxy) is 1. The molecule has 0 spiro atoms. The van der Waals surface area contributed by atoms with E-state index in [4.69, 9.17) is 4.74 Å². The van der Waals surface area contributed by atoms with Gasteiger partial charge in [-0.2, -0.15) is 5.10 Å². The monoisotopic (exact) mass is 376 g/mol. The van der Waals surface area contributed by atoms with Crippen molar-refractivity contribution in [2.75, 3.05) is 16.8 Å². The maximum atomic E-state index is 12.2. The first-order valence-electron chi connectivity index (χ1n) is 9.90. The van der Waals surface area contributed by atoms with E-state index in [9.17, 15) is 4.79 Å². The van der Waals surface area contributed by atoms with Gasteiger partial charge >= 0.3 is 0 Å². The lowest BCUT2D eigenvalue weighted by Crippen LogP contribution is -2.55. The number of aryl methyl sites for hydroxylation is 1. The summed E-state index contributed by atoms with van der Waals surface area (Å²) in [6.45, 7) is 4.34. The van der Waals surface area contributed by atoms with Gasteiger partial charge in [0.2, 0.25) is 0 Å². The van der Waals surface area contributed by atoms with Crippen molar-refractivity contribution in [2.45, 2.75) is 45.2 Å². The minimum Gasteiger partial charge on any atom is -0.483 e. The topological polar surface area (TPSA) is 66.0 Å². The molecule has 1 saturated carbocycles. The summed E-state index contributed by atoms with van der Waals surface area (Å²) in [5.41, 5.74) is 8.07. The van der Waals surface area contributed by atoms with Crippen LogP contribution in [-0.2, 0) is 4.79 Å². The number of amides is 1. The molecule has 1 amide bonds. The molecule has 1 aliphatic carbocycles. The molecule has 6 heteroatoms. The van der Waals surface area contributed by atoms with E-state index in [0.29, 0.717) is 12.6 Å². The van der Waals surface area contributed by atoms with Crippen LogP contribution in [-0.4, -0.2) is 30.4 Å². The summed E-state index contributed by atoms with van der Waals surface area (Å²) in [7, 11) is 0. The second-order valence-electron chi connectivity index (χ2n) is 7.84. The van der Waals surface area contributed by atoms with Gasteiger partial charge in [-0.25, -0.2) is 5.43 Å². The molecule has 1 atom stereocenters. The molecule has 2 aromatic carbocycles. The summed E-state index contributed by atoms with van der Waals surface area (Å²) in [6.07, 6.45) is 3.65. The molecule has 0 radical (unpaired) electrons. The van der Waals surface area contributed by atoms with Crippen LogP contribution in [0.4, 0.5) is 11.4 Å². The molecule has 1 unspecified atom stereocenters. The summed E-state index contributed by atoms with van der Waals surface area (Å²) in [6, 6.07) is 12.9. The number of hydrazone groups is 1. The van der Waals surface area contributed by atoms with E-state index in [1.165, 1.54) is 24.8 Å². The van der Waals surface area contributed by atoms with Gasteiger partial charge < -0.3 is 15.0 Å². The highest BCUT2D eigenvalue weighted by molar-refractivity contribution is 6.10. The number of carbonyl (C=O) groups is 1. The highest BCUT2D eigenvalue weighted by Crippen LogP contribution is 2.43. The second kappa shape index (κ2) is 6.55. The van der Waals surface area contributed by atoms with Crippen molar-refractivity contribution in [2.24, 2.45) is 5.10 Å².